The lowest BCUT2D eigenvalue weighted by atomic mass is 9.88. The van der Waals surface area contributed by atoms with E-state index >= 15 is 0 Å². The first-order valence-electron chi connectivity index (χ1n) is 17.5. The molecule has 0 radical (unpaired) electrons. The summed E-state index contributed by atoms with van der Waals surface area (Å²) in [6.45, 7) is 0. The third-order valence-electron chi connectivity index (χ3n) is 10.4. The Kier molecular flexibility index (Phi) is 6.18. The number of para-hydroxylation sites is 2. The summed E-state index contributed by atoms with van der Waals surface area (Å²) in [5.41, 5.74) is 9.78. The van der Waals surface area contributed by atoms with E-state index < -0.39 is 0 Å². The van der Waals surface area contributed by atoms with Crippen LogP contribution in [0, 0.1) is 0 Å². The summed E-state index contributed by atoms with van der Waals surface area (Å²) in [7, 11) is 0. The van der Waals surface area contributed by atoms with Gasteiger partial charge in [-0.3, -0.25) is 9.47 Å². The first kappa shape index (κ1) is 28.7. The lowest BCUT2D eigenvalue weighted by Gasteiger charge is -2.32. The smallest absolute Gasteiger partial charge is 0.240 e. The second-order valence-corrected chi connectivity index (χ2v) is 13.3. The third kappa shape index (κ3) is 4.26. The zero-order chi connectivity index (χ0) is 34.2. The van der Waals surface area contributed by atoms with Crippen molar-refractivity contribution in [2.24, 2.45) is 0 Å². The van der Waals surface area contributed by atoms with E-state index in [0.717, 1.165) is 44.3 Å². The van der Waals surface area contributed by atoms with Gasteiger partial charge in [0.05, 0.1) is 22.4 Å². The van der Waals surface area contributed by atoms with Crippen LogP contribution in [-0.2, 0) is 0 Å². The summed E-state index contributed by atoms with van der Waals surface area (Å²) in [5.74, 6) is 1.74. The van der Waals surface area contributed by atoms with Gasteiger partial charge < -0.3 is 0 Å². The lowest BCUT2D eigenvalue weighted by Crippen LogP contribution is -2.19. The Hall–Kier alpha value is -7.11. The molecule has 0 spiro atoms. The van der Waals surface area contributed by atoms with Gasteiger partial charge in [-0.1, -0.05) is 152 Å². The number of benzene rings is 8. The molecular formula is C47H29N5. The zero-order valence-electron chi connectivity index (χ0n) is 28.0. The van der Waals surface area contributed by atoms with Gasteiger partial charge in [-0.25, -0.2) is 0 Å². The van der Waals surface area contributed by atoms with E-state index in [2.05, 4.69) is 179 Å². The first-order chi connectivity index (χ1) is 25.8. The molecule has 5 nitrogen and oxygen atoms in total. The van der Waals surface area contributed by atoms with Gasteiger partial charge in [-0.05, 0) is 57.1 Å². The molecule has 0 N–H and O–H groups in total. The minimum atomic E-state index is 0.563. The standard InChI is InChI=1S/C47H29N5/c1-2-12-30(13-3-1)31-24-26-34(27-25-31)45-48-46(51-39-21-8-6-18-36(39)37-19-7-9-22-40(37)51)50-47(49-45)52-41-23-11-16-33-15-10-20-38(43(33)41)44-35-17-5-4-14-32(35)28-29-42(44)52/h1-29H. The van der Waals surface area contributed by atoms with Crippen LogP contribution in [0.25, 0.3) is 82.9 Å². The van der Waals surface area contributed by atoms with E-state index in [1.807, 2.05) is 6.07 Å². The molecule has 1 aliphatic heterocycles. The highest BCUT2D eigenvalue weighted by molar-refractivity contribution is 6.19. The van der Waals surface area contributed by atoms with Gasteiger partial charge in [-0.2, -0.15) is 15.0 Å². The Balaban J connectivity index is 1.22. The minimum Gasteiger partial charge on any atom is -0.278 e. The second-order valence-electron chi connectivity index (χ2n) is 13.3. The van der Waals surface area contributed by atoms with Crippen LogP contribution in [0.3, 0.4) is 0 Å². The Morgan fingerprint density at radius 1 is 0.365 bits per heavy atom. The number of fused-ring (bicyclic) bond motifs is 7. The molecule has 8 aromatic carbocycles. The predicted octanol–water partition coefficient (Wildman–Crippen LogP) is 12.1. The highest BCUT2D eigenvalue weighted by Crippen LogP contribution is 2.52. The molecule has 11 rings (SSSR count). The summed E-state index contributed by atoms with van der Waals surface area (Å²) in [6, 6.07) is 62.0. The predicted molar refractivity (Wildman–Crippen MR) is 214 cm³/mol. The van der Waals surface area contributed by atoms with Gasteiger partial charge in [0.25, 0.3) is 0 Å². The van der Waals surface area contributed by atoms with E-state index in [-0.39, 0.29) is 0 Å². The van der Waals surface area contributed by atoms with Gasteiger partial charge in [0.2, 0.25) is 11.9 Å². The summed E-state index contributed by atoms with van der Waals surface area (Å²) in [5, 5.41) is 7.05. The van der Waals surface area contributed by atoms with E-state index in [9.17, 15) is 0 Å². The van der Waals surface area contributed by atoms with Gasteiger partial charge in [0, 0.05) is 27.3 Å². The third-order valence-corrected chi connectivity index (χ3v) is 10.4. The molecule has 242 valence electrons. The molecule has 0 amide bonds. The van der Waals surface area contributed by atoms with E-state index in [1.165, 1.54) is 38.2 Å². The van der Waals surface area contributed by atoms with Crippen molar-refractivity contribution in [1.82, 2.24) is 19.5 Å². The average molecular weight is 664 g/mol. The molecule has 0 aliphatic carbocycles. The van der Waals surface area contributed by atoms with Crippen LogP contribution in [0.15, 0.2) is 176 Å². The molecule has 0 atom stereocenters. The minimum absolute atomic E-state index is 0.563. The van der Waals surface area contributed by atoms with Crippen LogP contribution in [-0.4, -0.2) is 19.5 Å². The number of aromatic nitrogens is 4. The molecular weight excluding hydrogens is 635 g/mol. The van der Waals surface area contributed by atoms with Gasteiger partial charge in [-0.15, -0.1) is 0 Å². The van der Waals surface area contributed by atoms with Crippen molar-refractivity contribution in [3.8, 4) is 39.6 Å². The summed E-state index contributed by atoms with van der Waals surface area (Å²) >= 11 is 0. The van der Waals surface area contributed by atoms with Gasteiger partial charge >= 0.3 is 0 Å². The van der Waals surface area contributed by atoms with E-state index in [0.29, 0.717) is 17.7 Å². The Morgan fingerprint density at radius 3 is 1.73 bits per heavy atom. The highest BCUT2D eigenvalue weighted by Gasteiger charge is 2.30. The number of rotatable bonds is 4. The molecule has 1 aliphatic rings. The average Bonchev–Trinajstić information content (AvgIpc) is 3.55. The number of hydrogen-bond donors (Lipinski definition) is 0. The highest BCUT2D eigenvalue weighted by atomic mass is 15.3. The first-order valence-corrected chi connectivity index (χ1v) is 17.5. The van der Waals surface area contributed by atoms with Crippen LogP contribution >= 0.6 is 0 Å². The molecule has 52 heavy (non-hydrogen) atoms. The maximum atomic E-state index is 5.40. The monoisotopic (exact) mass is 663 g/mol. The molecule has 0 fully saturated rings. The Labute approximate surface area is 299 Å². The van der Waals surface area contributed by atoms with Gasteiger partial charge in [0.15, 0.2) is 5.82 Å². The Morgan fingerprint density at radius 2 is 0.962 bits per heavy atom. The zero-order valence-corrected chi connectivity index (χ0v) is 28.0. The summed E-state index contributed by atoms with van der Waals surface area (Å²) in [4.78, 5) is 18.2. The second kappa shape index (κ2) is 11.2. The maximum absolute atomic E-state index is 5.40. The van der Waals surface area contributed by atoms with E-state index in [4.69, 9.17) is 15.0 Å². The number of anilines is 3. The van der Waals surface area contributed by atoms with E-state index in [1.54, 1.807) is 0 Å². The van der Waals surface area contributed by atoms with Crippen molar-refractivity contribution in [3.63, 3.8) is 0 Å². The molecule has 2 aromatic heterocycles. The van der Waals surface area contributed by atoms with Crippen molar-refractivity contribution >= 4 is 60.7 Å². The fraction of sp³-hybridized carbons (Fsp3) is 0. The number of nitrogens with zero attached hydrogens (tertiary/aromatic N) is 5. The molecule has 0 saturated carbocycles. The maximum Gasteiger partial charge on any atom is 0.240 e. The van der Waals surface area contributed by atoms with Crippen molar-refractivity contribution < 1.29 is 0 Å². The van der Waals surface area contributed by atoms with Crippen LogP contribution in [0.1, 0.15) is 0 Å². The molecule has 0 unspecified atom stereocenters. The molecule has 3 heterocycles. The van der Waals surface area contributed by atoms with Crippen LogP contribution in [0.2, 0.25) is 0 Å². The largest absolute Gasteiger partial charge is 0.278 e. The molecule has 10 aromatic rings. The summed E-state index contributed by atoms with van der Waals surface area (Å²) in [6.07, 6.45) is 0. The number of hydrogen-bond acceptors (Lipinski definition) is 4. The van der Waals surface area contributed by atoms with Crippen LogP contribution in [0.5, 0.6) is 0 Å². The lowest BCUT2D eigenvalue weighted by molar-refractivity contribution is 0.933. The fourth-order valence-corrected chi connectivity index (χ4v) is 8.05. The topological polar surface area (TPSA) is 46.8 Å². The van der Waals surface area contributed by atoms with Crippen LogP contribution < -0.4 is 4.90 Å². The molecule has 0 bridgehead atoms. The molecule has 0 saturated heterocycles. The SMILES string of the molecule is c1ccc(-c2ccc(-c3nc(N4c5ccc6ccccc6c5-c5cccc6cccc4c56)nc(-n4c5ccccc5c5ccccc54)n3)cc2)cc1. The van der Waals surface area contributed by atoms with Gasteiger partial charge in [0.1, 0.15) is 0 Å². The summed E-state index contributed by atoms with van der Waals surface area (Å²) < 4.78 is 2.18. The molecule has 5 heteroatoms. The van der Waals surface area contributed by atoms with Crippen molar-refractivity contribution in [2.45, 2.75) is 0 Å². The fourth-order valence-electron chi connectivity index (χ4n) is 8.05. The van der Waals surface area contributed by atoms with Crippen molar-refractivity contribution in [3.05, 3.63) is 176 Å². The van der Waals surface area contributed by atoms with Crippen molar-refractivity contribution in [2.75, 3.05) is 4.90 Å². The van der Waals surface area contributed by atoms with Crippen molar-refractivity contribution in [1.29, 1.82) is 0 Å². The Bertz CT molecular complexity index is 2960. The normalized spacial score (nSPS) is 12.2. The van der Waals surface area contributed by atoms with Crippen LogP contribution in [0.4, 0.5) is 17.3 Å². The quantitative estimate of drug-likeness (QED) is 0.188.